The smallest absolute Gasteiger partial charge is 0.270 e. The van der Waals surface area contributed by atoms with E-state index in [1.54, 1.807) is 12.4 Å². The highest BCUT2D eigenvalue weighted by atomic mass is 35.5. The largest absolute Gasteiger partial charge is 0.354 e. The molecule has 1 aromatic heterocycles. The van der Waals surface area contributed by atoms with Crippen molar-refractivity contribution in [1.29, 1.82) is 0 Å². The number of nitro groups is 1. The predicted molar refractivity (Wildman–Crippen MR) is 130 cm³/mol. The topological polar surface area (TPSA) is 113 Å². The van der Waals surface area contributed by atoms with Gasteiger partial charge in [0.15, 0.2) is 0 Å². The number of amides is 1. The van der Waals surface area contributed by atoms with Crippen LogP contribution in [-0.2, 0) is 4.79 Å². The van der Waals surface area contributed by atoms with E-state index in [-0.39, 0.29) is 24.0 Å². The second-order valence-corrected chi connectivity index (χ2v) is 7.21. The average Bonchev–Trinajstić information content (AvgIpc) is 3.46. The minimum atomic E-state index is -0.468. The third-order valence-electron chi connectivity index (χ3n) is 5.22. The first-order valence-electron chi connectivity index (χ1n) is 9.86. The monoisotopic (exact) mass is 459 g/mol. The van der Waals surface area contributed by atoms with Crippen molar-refractivity contribution in [1.82, 2.24) is 9.97 Å². The number of non-ortho nitro benzene ring substituents is 1. The number of aromatic nitrogens is 2. The van der Waals surface area contributed by atoms with Gasteiger partial charge < -0.3 is 15.6 Å². The fourth-order valence-corrected chi connectivity index (χ4v) is 3.69. The highest BCUT2D eigenvalue weighted by Crippen LogP contribution is 2.39. The SMILES string of the molecule is Cl.O=C1Nc2ccc([N+](=O)[O-])cc2C1=C(Nc1ccc(-c2c[nH]cn2)cc1)c1ccccc1. The number of carbonyl (C=O) groups excluding carboxylic acids is 1. The first-order chi connectivity index (χ1) is 15.6. The number of benzene rings is 3. The van der Waals surface area contributed by atoms with Gasteiger partial charge in [0.2, 0.25) is 0 Å². The molecule has 0 spiro atoms. The van der Waals surface area contributed by atoms with Gasteiger partial charge >= 0.3 is 0 Å². The zero-order chi connectivity index (χ0) is 22.1. The average molecular weight is 460 g/mol. The molecule has 0 atom stereocenters. The summed E-state index contributed by atoms with van der Waals surface area (Å²) >= 11 is 0. The van der Waals surface area contributed by atoms with Crippen LogP contribution in [0.15, 0.2) is 85.3 Å². The van der Waals surface area contributed by atoms with Crippen molar-refractivity contribution in [2.24, 2.45) is 0 Å². The van der Waals surface area contributed by atoms with Gasteiger partial charge in [-0.05, 0) is 23.8 Å². The number of halogens is 1. The van der Waals surface area contributed by atoms with Gasteiger partial charge in [-0.1, -0.05) is 42.5 Å². The number of nitro benzene ring substituents is 1. The minimum Gasteiger partial charge on any atom is -0.354 e. The van der Waals surface area contributed by atoms with Crippen molar-refractivity contribution in [3.05, 3.63) is 107 Å². The molecule has 8 nitrogen and oxygen atoms in total. The first-order valence-corrected chi connectivity index (χ1v) is 9.86. The van der Waals surface area contributed by atoms with E-state index in [9.17, 15) is 14.9 Å². The first kappa shape index (κ1) is 21.8. The van der Waals surface area contributed by atoms with E-state index < -0.39 is 4.92 Å². The van der Waals surface area contributed by atoms with E-state index in [0.717, 1.165) is 22.5 Å². The molecule has 4 aromatic rings. The lowest BCUT2D eigenvalue weighted by Crippen LogP contribution is -2.10. The van der Waals surface area contributed by atoms with E-state index in [1.165, 1.54) is 12.1 Å². The highest BCUT2D eigenvalue weighted by molar-refractivity contribution is 6.37. The summed E-state index contributed by atoms with van der Waals surface area (Å²) in [7, 11) is 0. The normalized spacial score (nSPS) is 13.5. The summed E-state index contributed by atoms with van der Waals surface area (Å²) in [5, 5.41) is 17.5. The van der Waals surface area contributed by atoms with E-state index in [2.05, 4.69) is 20.6 Å². The summed E-state index contributed by atoms with van der Waals surface area (Å²) in [6.45, 7) is 0. The van der Waals surface area contributed by atoms with Gasteiger partial charge in [0.25, 0.3) is 11.6 Å². The lowest BCUT2D eigenvalue weighted by molar-refractivity contribution is -0.384. The van der Waals surface area contributed by atoms with Gasteiger partial charge in [-0.15, -0.1) is 12.4 Å². The summed E-state index contributed by atoms with van der Waals surface area (Å²) < 4.78 is 0. The molecule has 9 heteroatoms. The molecule has 33 heavy (non-hydrogen) atoms. The van der Waals surface area contributed by atoms with Crippen molar-refractivity contribution in [2.45, 2.75) is 0 Å². The van der Waals surface area contributed by atoms with Crippen molar-refractivity contribution >= 4 is 46.6 Å². The van der Waals surface area contributed by atoms with Crippen LogP contribution in [-0.4, -0.2) is 20.8 Å². The van der Waals surface area contributed by atoms with E-state index in [4.69, 9.17) is 0 Å². The number of fused-ring (bicyclic) bond motifs is 1. The summed E-state index contributed by atoms with van der Waals surface area (Å²) in [5.74, 6) is -0.319. The quantitative estimate of drug-likeness (QED) is 0.212. The molecule has 2 heterocycles. The van der Waals surface area contributed by atoms with Crippen molar-refractivity contribution < 1.29 is 9.72 Å². The molecule has 5 rings (SSSR count). The van der Waals surface area contributed by atoms with Gasteiger partial charge in [-0.25, -0.2) is 4.98 Å². The molecule has 3 N–H and O–H groups in total. The van der Waals surface area contributed by atoms with E-state index >= 15 is 0 Å². The zero-order valence-electron chi connectivity index (χ0n) is 17.1. The summed E-state index contributed by atoms with van der Waals surface area (Å²) in [6.07, 6.45) is 3.43. The summed E-state index contributed by atoms with van der Waals surface area (Å²) in [4.78, 5) is 31.0. The van der Waals surface area contributed by atoms with Crippen LogP contribution in [0.5, 0.6) is 0 Å². The highest BCUT2D eigenvalue weighted by Gasteiger charge is 2.30. The van der Waals surface area contributed by atoms with Crippen molar-refractivity contribution in [3.63, 3.8) is 0 Å². The zero-order valence-corrected chi connectivity index (χ0v) is 17.9. The molecule has 0 fully saturated rings. The molecule has 3 aromatic carbocycles. The van der Waals surface area contributed by atoms with Gasteiger partial charge in [-0.3, -0.25) is 14.9 Å². The molecule has 0 radical (unpaired) electrons. The number of anilines is 2. The molecule has 0 saturated heterocycles. The van der Waals surface area contributed by atoms with Gasteiger partial charge in [0.1, 0.15) is 0 Å². The molecule has 1 aliphatic heterocycles. The maximum atomic E-state index is 12.9. The van der Waals surface area contributed by atoms with Gasteiger partial charge in [0.05, 0.1) is 28.2 Å². The second kappa shape index (κ2) is 8.97. The molecule has 0 unspecified atom stereocenters. The third-order valence-corrected chi connectivity index (χ3v) is 5.22. The van der Waals surface area contributed by atoms with Gasteiger partial charge in [0, 0.05) is 40.8 Å². The number of nitrogens with one attached hydrogen (secondary N) is 3. The van der Waals surface area contributed by atoms with E-state index in [1.807, 2.05) is 60.8 Å². The van der Waals surface area contributed by atoms with Crippen LogP contribution in [0.2, 0.25) is 0 Å². The molecule has 0 aliphatic carbocycles. The van der Waals surface area contributed by atoms with Crippen LogP contribution in [0.1, 0.15) is 11.1 Å². The Bertz CT molecular complexity index is 1350. The number of H-pyrrole nitrogens is 1. The lowest BCUT2D eigenvalue weighted by Gasteiger charge is -2.15. The number of hydrogen-bond donors (Lipinski definition) is 3. The van der Waals surface area contributed by atoms with Gasteiger partial charge in [-0.2, -0.15) is 0 Å². The maximum Gasteiger partial charge on any atom is 0.270 e. The van der Waals surface area contributed by atoms with E-state index in [0.29, 0.717) is 22.5 Å². The summed E-state index contributed by atoms with van der Waals surface area (Å²) in [5.41, 5.74) is 5.20. The predicted octanol–water partition coefficient (Wildman–Crippen LogP) is 5.34. The van der Waals surface area contributed by atoms with Crippen LogP contribution < -0.4 is 10.6 Å². The number of hydrogen-bond acceptors (Lipinski definition) is 5. The number of carbonyl (C=O) groups is 1. The van der Waals surface area contributed by atoms with Crippen LogP contribution in [0.3, 0.4) is 0 Å². The molecule has 0 bridgehead atoms. The Balaban J connectivity index is 0.00000259. The number of aromatic amines is 1. The molecule has 164 valence electrons. The molecule has 0 saturated carbocycles. The Hall–Kier alpha value is -4.43. The Morgan fingerprint density at radius 1 is 1.00 bits per heavy atom. The molecular weight excluding hydrogens is 442 g/mol. The Morgan fingerprint density at radius 2 is 1.76 bits per heavy atom. The van der Waals surface area contributed by atoms with Crippen molar-refractivity contribution in [3.8, 4) is 11.3 Å². The standard InChI is InChI=1S/C24H17N5O3.ClH/c30-24-22(19-12-18(29(31)32)10-11-20(19)28-24)23(16-4-2-1-3-5-16)27-17-8-6-15(7-9-17)21-13-25-14-26-21;/h1-14,27H,(H,25,26)(H,28,30);1H. The number of imidazole rings is 1. The third kappa shape index (κ3) is 4.19. The molecular formula is C24H18ClN5O3. The Kier molecular flexibility index (Phi) is 5.93. The molecule has 1 amide bonds. The minimum absolute atomic E-state index is 0. The van der Waals surface area contributed by atoms with Crippen LogP contribution in [0, 0.1) is 10.1 Å². The Morgan fingerprint density at radius 3 is 2.42 bits per heavy atom. The fourth-order valence-electron chi connectivity index (χ4n) is 3.69. The lowest BCUT2D eigenvalue weighted by atomic mass is 9.99. The van der Waals surface area contributed by atoms with Crippen LogP contribution in [0.25, 0.3) is 22.5 Å². The Labute approximate surface area is 194 Å². The number of rotatable bonds is 5. The van der Waals surface area contributed by atoms with Crippen LogP contribution in [0.4, 0.5) is 17.1 Å². The van der Waals surface area contributed by atoms with Crippen molar-refractivity contribution in [2.75, 3.05) is 10.6 Å². The second-order valence-electron chi connectivity index (χ2n) is 7.21. The van der Waals surface area contributed by atoms with Crippen LogP contribution >= 0.6 is 12.4 Å². The summed E-state index contributed by atoms with van der Waals surface area (Å²) in [6, 6.07) is 21.4. The maximum absolute atomic E-state index is 12.9. The molecule has 1 aliphatic rings. The number of nitrogens with zero attached hydrogens (tertiary/aromatic N) is 2. The fraction of sp³-hybridized carbons (Fsp3) is 0.